The summed E-state index contributed by atoms with van der Waals surface area (Å²) in [5, 5.41) is 25.1. The number of hydrogen-bond donors (Lipinski definition) is 0. The van der Waals surface area contributed by atoms with Gasteiger partial charge in [0, 0.05) is 76.5 Å². The number of benzene rings is 20. The summed E-state index contributed by atoms with van der Waals surface area (Å²) in [5.41, 5.74) is 17.2. The maximum atomic E-state index is 7.10. The number of hydrogen-bond acceptors (Lipinski definition) is 8. The summed E-state index contributed by atoms with van der Waals surface area (Å²) in [6, 6.07) is 141. The first-order chi connectivity index (χ1) is 60.4. The molecular weight excluding hydrogens is 1490 g/mol. The van der Waals surface area contributed by atoms with Crippen LogP contribution in [0.15, 0.2) is 409 Å². The first kappa shape index (κ1) is 68.6. The van der Waals surface area contributed by atoms with Crippen molar-refractivity contribution >= 4 is 163 Å². The fraction of sp³-hybridized carbons (Fsp3) is 0. The Morgan fingerprint density at radius 2 is 0.525 bits per heavy atom. The summed E-state index contributed by atoms with van der Waals surface area (Å²) in [5.74, 6) is 3.58. The maximum absolute atomic E-state index is 7.10. The van der Waals surface area contributed by atoms with E-state index in [9.17, 15) is 0 Å². The Morgan fingerprint density at radius 3 is 1.07 bits per heavy atom. The van der Waals surface area contributed by atoms with Gasteiger partial charge in [-0.05, 0) is 184 Å². The van der Waals surface area contributed by atoms with Crippen molar-refractivity contribution in [3.63, 3.8) is 0 Å². The highest BCUT2D eigenvalue weighted by molar-refractivity contribution is 6.25. The lowest BCUT2D eigenvalue weighted by Gasteiger charge is -2.13. The Bertz CT molecular complexity index is 8770. The van der Waals surface area contributed by atoms with E-state index in [4.69, 9.17) is 38.7 Å². The van der Waals surface area contributed by atoms with Crippen LogP contribution in [0.3, 0.4) is 0 Å². The quantitative estimate of drug-likeness (QED) is 0.140. The van der Waals surface area contributed by atoms with Gasteiger partial charge in [0.05, 0.1) is 33.4 Å². The van der Waals surface area contributed by atoms with E-state index >= 15 is 0 Å². The number of furan rings is 2. The smallest absolute Gasteiger partial charge is 0.164 e. The van der Waals surface area contributed by atoms with Crippen molar-refractivity contribution in [1.29, 1.82) is 0 Å². The first-order valence-corrected chi connectivity index (χ1v) is 41.2. The molecule has 0 unspecified atom stereocenters. The van der Waals surface area contributed by atoms with Crippen LogP contribution in [0.25, 0.3) is 254 Å². The van der Waals surface area contributed by atoms with Gasteiger partial charge in [-0.2, -0.15) is 0 Å². The van der Waals surface area contributed by atoms with E-state index in [0.717, 1.165) is 165 Å². The largest absolute Gasteiger partial charge is 0.454 e. The standard InChI is InChI=1S/C57H34N4O.C55H32N4O/c1-2-12-35(13-3-1)37-22-25-39(26-23-37)55-58-56(43-27-24-36-14-4-5-16-40(36)32-43)60-57(59-55)46-29-31-49(54-53(46)45-20-10-11-21-51(45)62-54)61-48-30-28-38-15-8-9-19-44(38)52(48)47-33-41-17-6-7-18-42(41)34-50(47)61;1-3-13-35-27-41(23-21-33(35)11-1)53-56-54(42-24-22-34-12-2-4-14-36(34)28-42)58-55(57-53)44-25-26-48(52-51(44)46-30-38-16-6-8-18-40(38)32-50(46)60-52)59-47-20-10-9-19-43(47)45-29-37-15-5-7-17-39(37)31-49(45)59/h1-34H;1-32H. The number of nitrogens with zero attached hydrogens (tertiary/aromatic N) is 8. The molecule has 0 bridgehead atoms. The predicted octanol–water partition coefficient (Wildman–Crippen LogP) is 29.5. The average molecular weight is 1560 g/mol. The minimum atomic E-state index is 0.576. The molecule has 10 nitrogen and oxygen atoms in total. The lowest BCUT2D eigenvalue weighted by molar-refractivity contribution is 0.666. The van der Waals surface area contributed by atoms with Crippen molar-refractivity contribution in [1.82, 2.24) is 39.0 Å². The summed E-state index contributed by atoms with van der Waals surface area (Å²) in [6.45, 7) is 0. The third-order valence-electron chi connectivity index (χ3n) is 24.5. The van der Waals surface area contributed by atoms with Crippen LogP contribution >= 0.6 is 0 Å². The van der Waals surface area contributed by atoms with Gasteiger partial charge in [0.2, 0.25) is 0 Å². The van der Waals surface area contributed by atoms with Gasteiger partial charge in [-0.3, -0.25) is 0 Å². The monoisotopic (exact) mass is 1550 g/mol. The van der Waals surface area contributed by atoms with E-state index in [2.05, 4.69) is 391 Å². The van der Waals surface area contributed by atoms with Crippen molar-refractivity contribution in [2.75, 3.05) is 0 Å². The third-order valence-corrected chi connectivity index (χ3v) is 24.5. The molecule has 0 aliphatic rings. The van der Waals surface area contributed by atoms with E-state index in [1.165, 1.54) is 53.9 Å². The second kappa shape index (κ2) is 27.5. The number of aromatic nitrogens is 8. The molecule has 20 aromatic carbocycles. The van der Waals surface area contributed by atoms with E-state index in [1.807, 2.05) is 18.2 Å². The van der Waals surface area contributed by atoms with Gasteiger partial charge in [0.1, 0.15) is 11.2 Å². The zero-order valence-electron chi connectivity index (χ0n) is 65.5. The number of rotatable bonds is 9. The van der Waals surface area contributed by atoms with Gasteiger partial charge in [-0.25, -0.2) is 29.9 Å². The highest BCUT2D eigenvalue weighted by Crippen LogP contribution is 2.48. The van der Waals surface area contributed by atoms with Gasteiger partial charge in [-0.1, -0.05) is 303 Å². The molecule has 0 spiro atoms. The minimum Gasteiger partial charge on any atom is -0.454 e. The van der Waals surface area contributed by atoms with Crippen LogP contribution in [-0.4, -0.2) is 39.0 Å². The summed E-state index contributed by atoms with van der Waals surface area (Å²) in [6.07, 6.45) is 0. The second-order valence-electron chi connectivity index (χ2n) is 31.6. The van der Waals surface area contributed by atoms with E-state index < -0.39 is 0 Å². The first-order valence-electron chi connectivity index (χ1n) is 41.2. The van der Waals surface area contributed by atoms with Gasteiger partial charge in [0.15, 0.2) is 46.1 Å². The average Bonchev–Trinajstić information content (AvgIpc) is 1.56. The highest BCUT2D eigenvalue weighted by atomic mass is 16.3. The molecule has 0 saturated carbocycles. The van der Waals surface area contributed by atoms with E-state index in [-0.39, 0.29) is 0 Å². The molecule has 566 valence electrons. The molecule has 6 aromatic heterocycles. The molecule has 6 heterocycles. The SMILES string of the molecule is c1ccc(-c2ccc(-c3nc(-c4ccc5ccccc5c4)nc(-c4ccc(-n5c6cc7ccccc7cc6c6c7ccccc7ccc65)c5oc6ccccc6c45)n3)cc2)cc1.c1ccc2cc(-c3nc(-c4ccc5ccccc5c4)nc(-c4ccc(-n5c6ccccc6c6cc7ccccc7cc65)c5oc6cc7ccccc7cc6c45)n3)ccc2c1. The van der Waals surface area contributed by atoms with Crippen molar-refractivity contribution < 1.29 is 8.83 Å². The molecule has 26 aromatic rings. The lowest BCUT2D eigenvalue weighted by atomic mass is 10.0. The Labute approximate surface area is 697 Å². The van der Waals surface area contributed by atoms with Crippen molar-refractivity contribution in [3.8, 4) is 90.8 Å². The van der Waals surface area contributed by atoms with Crippen LogP contribution in [0.4, 0.5) is 0 Å². The fourth-order valence-electron chi connectivity index (χ4n) is 18.7. The van der Waals surface area contributed by atoms with Crippen molar-refractivity contribution in [2.24, 2.45) is 0 Å². The predicted molar refractivity (Wildman–Crippen MR) is 503 cm³/mol. The summed E-state index contributed by atoms with van der Waals surface area (Å²) >= 11 is 0. The molecule has 26 rings (SSSR count). The van der Waals surface area contributed by atoms with E-state index in [0.29, 0.717) is 34.9 Å². The molecule has 0 radical (unpaired) electrons. The molecule has 122 heavy (non-hydrogen) atoms. The lowest BCUT2D eigenvalue weighted by Crippen LogP contribution is -2.01. The van der Waals surface area contributed by atoms with Gasteiger partial charge >= 0.3 is 0 Å². The van der Waals surface area contributed by atoms with Crippen LogP contribution in [0.2, 0.25) is 0 Å². The molecule has 0 saturated heterocycles. The Kier molecular flexibility index (Phi) is 15.5. The van der Waals surface area contributed by atoms with Crippen molar-refractivity contribution in [3.05, 3.63) is 400 Å². The van der Waals surface area contributed by atoms with Gasteiger partial charge in [-0.15, -0.1) is 0 Å². The normalized spacial score (nSPS) is 11.9. The second-order valence-corrected chi connectivity index (χ2v) is 31.6. The van der Waals surface area contributed by atoms with Crippen LogP contribution in [-0.2, 0) is 0 Å². The van der Waals surface area contributed by atoms with Gasteiger partial charge < -0.3 is 18.0 Å². The van der Waals surface area contributed by atoms with Crippen LogP contribution in [0.5, 0.6) is 0 Å². The summed E-state index contributed by atoms with van der Waals surface area (Å²) in [7, 11) is 0. The van der Waals surface area contributed by atoms with Crippen LogP contribution in [0.1, 0.15) is 0 Å². The summed E-state index contributed by atoms with van der Waals surface area (Å²) < 4.78 is 18.8. The zero-order chi connectivity index (χ0) is 80.0. The maximum Gasteiger partial charge on any atom is 0.164 e. The fourth-order valence-corrected chi connectivity index (χ4v) is 18.7. The minimum absolute atomic E-state index is 0.576. The van der Waals surface area contributed by atoms with Gasteiger partial charge in [0.25, 0.3) is 0 Å². The molecule has 0 aliphatic heterocycles. The molecular formula is C112H66N8O2. The van der Waals surface area contributed by atoms with Crippen molar-refractivity contribution in [2.45, 2.75) is 0 Å². The molecule has 10 heteroatoms. The van der Waals surface area contributed by atoms with E-state index in [1.54, 1.807) is 0 Å². The summed E-state index contributed by atoms with van der Waals surface area (Å²) in [4.78, 5) is 31.6. The Morgan fingerprint density at radius 1 is 0.172 bits per heavy atom. The van der Waals surface area contributed by atoms with Crippen LogP contribution in [0, 0.1) is 0 Å². The molecule has 0 aliphatic carbocycles. The topological polar surface area (TPSA) is 113 Å². The molecule has 0 atom stereocenters. The molecule has 0 fully saturated rings. The number of para-hydroxylation sites is 2. The molecule has 0 N–H and O–H groups in total. The Balaban J connectivity index is 0.000000134. The molecule has 0 amide bonds. The number of fused-ring (bicyclic) bond motifs is 20. The van der Waals surface area contributed by atoms with Crippen LogP contribution < -0.4 is 0 Å². The highest BCUT2D eigenvalue weighted by Gasteiger charge is 2.28. The Hall–Kier alpha value is -16.6. The third kappa shape index (κ3) is 11.3. The zero-order valence-corrected chi connectivity index (χ0v) is 65.5.